The Morgan fingerprint density at radius 1 is 1.00 bits per heavy atom. The van der Waals surface area contributed by atoms with Crippen LogP contribution in [-0.2, 0) is 35.3 Å². The van der Waals surface area contributed by atoms with Crippen molar-refractivity contribution in [3.8, 4) is 11.1 Å². The lowest BCUT2D eigenvalue weighted by Gasteiger charge is -2.41. The van der Waals surface area contributed by atoms with E-state index in [0.29, 0.717) is 24.2 Å². The lowest BCUT2D eigenvalue weighted by atomic mass is 9.82. The first-order valence-electron chi connectivity index (χ1n) is 17.5. The first kappa shape index (κ1) is 42.5. The minimum atomic E-state index is -1.04. The van der Waals surface area contributed by atoms with Crippen LogP contribution >= 0.6 is 0 Å². The summed E-state index contributed by atoms with van der Waals surface area (Å²) in [6, 6.07) is 12.7. The molecule has 12 nitrogen and oxygen atoms in total. The number of ether oxygens (including phenoxy) is 1. The SMILES string of the molecule is COC(=O)CC(C)C(=O)NCC(=O)CCCNC(=O)[C@@H](N)CCN(C(=O)CO)[C@@H](c1cc(-c2cc(F)ccc2F)cn1Cc1ccccc1)C(C)(C)C. The third-order valence-electron chi connectivity index (χ3n) is 8.79. The summed E-state index contributed by atoms with van der Waals surface area (Å²) in [6.07, 6.45) is 2.01. The fourth-order valence-corrected chi connectivity index (χ4v) is 6.01. The summed E-state index contributed by atoms with van der Waals surface area (Å²) in [7, 11) is 1.23. The molecule has 0 radical (unpaired) electrons. The maximum atomic E-state index is 15.0. The first-order valence-corrected chi connectivity index (χ1v) is 17.5. The number of methoxy groups -OCH3 is 1. The molecule has 0 bridgehead atoms. The molecule has 0 aliphatic carbocycles. The summed E-state index contributed by atoms with van der Waals surface area (Å²) in [6.45, 7) is 6.76. The van der Waals surface area contributed by atoms with Crippen molar-refractivity contribution in [1.29, 1.82) is 0 Å². The standard InChI is InChI=1S/C39H51F2N5O7/c1-25(18-35(50)53-5)37(51)44-21-29(48)12-9-16-43-38(52)32(42)15-17-46(34(49)24-47)36(39(2,3)4)33-19-27(30-20-28(40)13-14-31(30)41)23-45(33)22-26-10-7-6-8-11-26/h6-8,10-11,13-14,19-20,23,25,32,36,47H,9,12,15-18,21-22,24,42H2,1-5H3,(H,43,52)(H,44,51)/t25?,32-,36-/m0/s1. The Bertz CT molecular complexity index is 1720. The number of aliphatic hydroxyl groups excluding tert-OH is 1. The van der Waals surface area contributed by atoms with E-state index in [1.807, 2.05) is 55.7 Å². The molecule has 1 aromatic heterocycles. The van der Waals surface area contributed by atoms with Crippen LogP contribution in [-0.4, -0.2) is 83.4 Å². The van der Waals surface area contributed by atoms with Gasteiger partial charge in [0.2, 0.25) is 17.7 Å². The Hall–Kier alpha value is -4.95. The van der Waals surface area contributed by atoms with Gasteiger partial charge in [-0.05, 0) is 48.1 Å². The average Bonchev–Trinajstić information content (AvgIpc) is 3.52. The molecule has 0 aliphatic rings. The number of benzene rings is 2. The van der Waals surface area contributed by atoms with E-state index in [2.05, 4.69) is 15.4 Å². The second-order valence-corrected chi connectivity index (χ2v) is 14.1. The summed E-state index contributed by atoms with van der Waals surface area (Å²) in [4.78, 5) is 63.5. The highest BCUT2D eigenvalue weighted by Gasteiger charge is 2.37. The number of halogens is 2. The highest BCUT2D eigenvalue weighted by atomic mass is 19.1. The number of Topliss-reactive ketones (excluding diaryl/α,β-unsaturated/α-hetero) is 1. The number of aromatic nitrogens is 1. The van der Waals surface area contributed by atoms with Crippen molar-refractivity contribution in [2.24, 2.45) is 17.1 Å². The van der Waals surface area contributed by atoms with Gasteiger partial charge in [-0.15, -0.1) is 0 Å². The third kappa shape index (κ3) is 12.6. The molecular formula is C39H51F2N5O7. The van der Waals surface area contributed by atoms with Gasteiger partial charge in [0, 0.05) is 55.0 Å². The molecule has 0 aliphatic heterocycles. The topological polar surface area (TPSA) is 173 Å². The lowest BCUT2D eigenvalue weighted by Crippen LogP contribution is -2.47. The molecule has 0 saturated heterocycles. The molecule has 3 rings (SSSR count). The van der Waals surface area contributed by atoms with Crippen LogP contribution in [0.1, 0.15) is 70.7 Å². The third-order valence-corrected chi connectivity index (χ3v) is 8.79. The molecule has 0 saturated carbocycles. The molecule has 288 valence electrons. The Balaban J connectivity index is 1.72. The predicted octanol–water partition coefficient (Wildman–Crippen LogP) is 3.89. The number of amides is 3. The predicted molar refractivity (Wildman–Crippen MR) is 195 cm³/mol. The van der Waals surface area contributed by atoms with Crippen molar-refractivity contribution in [1.82, 2.24) is 20.1 Å². The summed E-state index contributed by atoms with van der Waals surface area (Å²) < 4.78 is 35.7. The number of ketones is 1. The van der Waals surface area contributed by atoms with Crippen LogP contribution in [0.5, 0.6) is 0 Å². The van der Waals surface area contributed by atoms with Gasteiger partial charge in [0.25, 0.3) is 0 Å². The van der Waals surface area contributed by atoms with Gasteiger partial charge < -0.3 is 35.7 Å². The zero-order chi connectivity index (χ0) is 39.3. The summed E-state index contributed by atoms with van der Waals surface area (Å²) in [5.41, 5.74) is 7.61. The molecule has 1 unspecified atom stereocenters. The second-order valence-electron chi connectivity index (χ2n) is 14.1. The number of hydrogen-bond donors (Lipinski definition) is 4. The van der Waals surface area contributed by atoms with Crippen molar-refractivity contribution < 1.29 is 42.6 Å². The van der Waals surface area contributed by atoms with E-state index >= 15 is 4.39 Å². The van der Waals surface area contributed by atoms with Gasteiger partial charge in [0.1, 0.15) is 18.2 Å². The second kappa shape index (κ2) is 19.8. The molecular weight excluding hydrogens is 688 g/mol. The Morgan fingerprint density at radius 2 is 1.70 bits per heavy atom. The average molecular weight is 740 g/mol. The molecule has 3 aromatic rings. The molecule has 5 N–H and O–H groups in total. The van der Waals surface area contributed by atoms with Crippen LogP contribution < -0.4 is 16.4 Å². The highest BCUT2D eigenvalue weighted by Crippen LogP contribution is 2.41. The van der Waals surface area contributed by atoms with Crippen molar-refractivity contribution in [3.63, 3.8) is 0 Å². The van der Waals surface area contributed by atoms with E-state index in [-0.39, 0.29) is 50.2 Å². The zero-order valence-corrected chi connectivity index (χ0v) is 31.0. The molecule has 14 heteroatoms. The number of nitrogens with one attached hydrogen (secondary N) is 2. The van der Waals surface area contributed by atoms with Gasteiger partial charge in [0.05, 0.1) is 32.2 Å². The van der Waals surface area contributed by atoms with Gasteiger partial charge in [-0.3, -0.25) is 24.0 Å². The fourth-order valence-electron chi connectivity index (χ4n) is 6.01. The van der Waals surface area contributed by atoms with Gasteiger partial charge in [0.15, 0.2) is 5.78 Å². The summed E-state index contributed by atoms with van der Waals surface area (Å²) >= 11 is 0. The molecule has 0 spiro atoms. The highest BCUT2D eigenvalue weighted by molar-refractivity contribution is 5.88. The number of rotatable bonds is 19. The number of carbonyl (C=O) groups excluding carboxylic acids is 5. The number of nitrogens with two attached hydrogens (primary N) is 1. The minimum Gasteiger partial charge on any atom is -0.469 e. The Labute approximate surface area is 309 Å². The van der Waals surface area contributed by atoms with Gasteiger partial charge in [-0.25, -0.2) is 8.78 Å². The number of nitrogens with zero attached hydrogens (tertiary/aromatic N) is 2. The van der Waals surface area contributed by atoms with Gasteiger partial charge in [-0.2, -0.15) is 0 Å². The van der Waals surface area contributed by atoms with Gasteiger partial charge >= 0.3 is 5.97 Å². The monoisotopic (exact) mass is 739 g/mol. The number of hydrogen-bond acceptors (Lipinski definition) is 8. The van der Waals surface area contributed by atoms with Crippen LogP contribution in [0, 0.1) is 23.0 Å². The smallest absolute Gasteiger partial charge is 0.306 e. The summed E-state index contributed by atoms with van der Waals surface area (Å²) in [5.74, 6) is -4.20. The van der Waals surface area contributed by atoms with Crippen LogP contribution in [0.3, 0.4) is 0 Å². The van der Waals surface area contributed by atoms with E-state index in [1.165, 1.54) is 12.0 Å². The van der Waals surface area contributed by atoms with Crippen LogP contribution in [0.15, 0.2) is 60.8 Å². The lowest BCUT2D eigenvalue weighted by molar-refractivity contribution is -0.144. The molecule has 1 heterocycles. The maximum Gasteiger partial charge on any atom is 0.306 e. The van der Waals surface area contributed by atoms with Gasteiger partial charge in [-0.1, -0.05) is 58.0 Å². The fraction of sp³-hybridized carbons (Fsp3) is 0.462. The molecule has 2 aromatic carbocycles. The Morgan fingerprint density at radius 3 is 2.34 bits per heavy atom. The maximum absolute atomic E-state index is 15.0. The van der Waals surface area contributed by atoms with Crippen LogP contribution in [0.25, 0.3) is 11.1 Å². The van der Waals surface area contributed by atoms with Crippen molar-refractivity contribution >= 4 is 29.5 Å². The van der Waals surface area contributed by atoms with E-state index in [9.17, 15) is 33.5 Å². The molecule has 3 atom stereocenters. The van der Waals surface area contributed by atoms with E-state index in [4.69, 9.17) is 5.73 Å². The summed E-state index contributed by atoms with van der Waals surface area (Å²) in [5, 5.41) is 15.2. The molecule has 53 heavy (non-hydrogen) atoms. The normalized spacial score (nSPS) is 13.1. The molecule has 0 fully saturated rings. The first-order chi connectivity index (χ1) is 25.0. The quantitative estimate of drug-likeness (QED) is 0.106. The van der Waals surface area contributed by atoms with Crippen molar-refractivity contribution in [2.75, 3.05) is 33.4 Å². The van der Waals surface area contributed by atoms with E-state index < -0.39 is 65.3 Å². The largest absolute Gasteiger partial charge is 0.469 e. The Kier molecular flexibility index (Phi) is 15.8. The number of aliphatic hydroxyl groups is 1. The van der Waals surface area contributed by atoms with Crippen LogP contribution in [0.2, 0.25) is 0 Å². The number of carbonyl (C=O) groups is 5. The van der Waals surface area contributed by atoms with Crippen molar-refractivity contribution in [3.05, 3.63) is 83.7 Å². The van der Waals surface area contributed by atoms with Crippen LogP contribution in [0.4, 0.5) is 8.78 Å². The van der Waals surface area contributed by atoms with E-state index in [0.717, 1.165) is 23.8 Å². The van der Waals surface area contributed by atoms with E-state index in [1.54, 1.807) is 19.2 Å². The van der Waals surface area contributed by atoms with Crippen molar-refractivity contribution in [2.45, 2.75) is 72.0 Å². The molecule has 3 amide bonds. The zero-order valence-electron chi connectivity index (χ0n) is 31.0. The minimum absolute atomic E-state index is 0.0112. The number of esters is 1.